The molecule has 2 aromatic carbocycles. The summed E-state index contributed by atoms with van der Waals surface area (Å²) in [6.07, 6.45) is 0. The number of anilines is 2. The molecule has 0 saturated carbocycles. The molecule has 1 amide bonds. The van der Waals surface area contributed by atoms with E-state index in [-0.39, 0.29) is 5.91 Å². The van der Waals surface area contributed by atoms with E-state index in [2.05, 4.69) is 11.0 Å². The van der Waals surface area contributed by atoms with E-state index in [0.29, 0.717) is 19.7 Å². The number of nitrogens with zero attached hydrogens (tertiary/aromatic N) is 4. The summed E-state index contributed by atoms with van der Waals surface area (Å²) in [6, 6.07) is 13.8. The van der Waals surface area contributed by atoms with Gasteiger partial charge >= 0.3 is 0 Å². The number of fused-ring (bicyclic) bond motifs is 1. The van der Waals surface area contributed by atoms with E-state index in [1.165, 1.54) is 0 Å². The summed E-state index contributed by atoms with van der Waals surface area (Å²) < 4.78 is 6.72. The van der Waals surface area contributed by atoms with E-state index in [1.807, 2.05) is 67.2 Å². The molecule has 0 bridgehead atoms. The molecule has 0 atom stereocenters. The fourth-order valence-corrected chi connectivity index (χ4v) is 4.52. The number of carbonyl (C=O) groups is 1. The van der Waals surface area contributed by atoms with E-state index < -0.39 is 0 Å². The number of rotatable bonds is 5. The van der Waals surface area contributed by atoms with Crippen LogP contribution in [0.25, 0.3) is 10.2 Å². The van der Waals surface area contributed by atoms with Crippen LogP contribution in [0.2, 0.25) is 0 Å². The van der Waals surface area contributed by atoms with E-state index in [0.717, 1.165) is 45.4 Å². The van der Waals surface area contributed by atoms with Gasteiger partial charge in [0.25, 0.3) is 5.91 Å². The van der Waals surface area contributed by atoms with Crippen molar-refractivity contribution in [1.82, 2.24) is 9.88 Å². The molecule has 3 aromatic rings. The van der Waals surface area contributed by atoms with Crippen LogP contribution in [-0.2, 0) is 0 Å². The van der Waals surface area contributed by atoms with E-state index in [9.17, 15) is 4.79 Å². The SMILES string of the molecule is CCOc1ccc2nc(N3CCN(C(=O)c4ccc(N(C)C)cc4)CC3)sc2c1. The summed E-state index contributed by atoms with van der Waals surface area (Å²) in [5, 5.41) is 1.01. The van der Waals surface area contributed by atoms with Gasteiger partial charge in [0, 0.05) is 51.5 Å². The average molecular weight is 411 g/mol. The molecule has 0 N–H and O–H groups in total. The first-order valence-corrected chi connectivity index (χ1v) is 10.7. The van der Waals surface area contributed by atoms with Gasteiger partial charge in [-0.15, -0.1) is 0 Å². The number of carbonyl (C=O) groups excluding carboxylic acids is 1. The highest BCUT2D eigenvalue weighted by molar-refractivity contribution is 7.22. The second-order valence-electron chi connectivity index (χ2n) is 7.28. The maximum atomic E-state index is 12.8. The number of hydrogen-bond donors (Lipinski definition) is 0. The maximum absolute atomic E-state index is 12.8. The van der Waals surface area contributed by atoms with Gasteiger partial charge in [-0.05, 0) is 49.4 Å². The molecule has 4 rings (SSSR count). The number of benzene rings is 2. The zero-order valence-electron chi connectivity index (χ0n) is 17.1. The van der Waals surface area contributed by atoms with Crippen LogP contribution < -0.4 is 14.5 Å². The second-order valence-corrected chi connectivity index (χ2v) is 8.29. The number of piperazine rings is 1. The van der Waals surface area contributed by atoms with Gasteiger partial charge in [-0.3, -0.25) is 4.79 Å². The van der Waals surface area contributed by atoms with Crippen molar-refractivity contribution < 1.29 is 9.53 Å². The Kier molecular flexibility index (Phi) is 5.58. The number of thiazole rings is 1. The molecule has 1 aromatic heterocycles. The Bertz CT molecular complexity index is 992. The Hall–Kier alpha value is -2.80. The first-order chi connectivity index (χ1) is 14.0. The van der Waals surface area contributed by atoms with Crippen LogP contribution >= 0.6 is 11.3 Å². The lowest BCUT2D eigenvalue weighted by molar-refractivity contribution is 0.0747. The van der Waals surface area contributed by atoms with Crippen LogP contribution in [0, 0.1) is 0 Å². The van der Waals surface area contributed by atoms with Crippen molar-refractivity contribution in [3.05, 3.63) is 48.0 Å². The second kappa shape index (κ2) is 8.29. The van der Waals surface area contributed by atoms with Gasteiger partial charge < -0.3 is 19.4 Å². The van der Waals surface area contributed by atoms with Crippen molar-refractivity contribution in [1.29, 1.82) is 0 Å². The Labute approximate surface area is 175 Å². The molecule has 0 radical (unpaired) electrons. The Balaban J connectivity index is 1.41. The van der Waals surface area contributed by atoms with Crippen molar-refractivity contribution in [2.75, 3.05) is 56.7 Å². The first-order valence-electron chi connectivity index (χ1n) is 9.90. The highest BCUT2D eigenvalue weighted by Gasteiger charge is 2.24. The number of hydrogen-bond acceptors (Lipinski definition) is 6. The fourth-order valence-electron chi connectivity index (χ4n) is 3.47. The lowest BCUT2D eigenvalue weighted by Crippen LogP contribution is -2.48. The molecule has 29 heavy (non-hydrogen) atoms. The smallest absolute Gasteiger partial charge is 0.253 e. The van der Waals surface area contributed by atoms with Crippen molar-refractivity contribution in [3.8, 4) is 5.75 Å². The van der Waals surface area contributed by atoms with Gasteiger partial charge in [-0.2, -0.15) is 0 Å². The van der Waals surface area contributed by atoms with Gasteiger partial charge in [-0.25, -0.2) is 4.98 Å². The maximum Gasteiger partial charge on any atom is 0.253 e. The van der Waals surface area contributed by atoms with Crippen molar-refractivity contribution in [2.24, 2.45) is 0 Å². The molecule has 0 aliphatic carbocycles. The summed E-state index contributed by atoms with van der Waals surface area (Å²) in [5.41, 5.74) is 2.83. The van der Waals surface area contributed by atoms with Crippen LogP contribution in [0.4, 0.5) is 10.8 Å². The van der Waals surface area contributed by atoms with Gasteiger partial charge in [-0.1, -0.05) is 11.3 Å². The predicted octanol–water partition coefficient (Wildman–Crippen LogP) is 3.72. The summed E-state index contributed by atoms with van der Waals surface area (Å²) in [6.45, 7) is 5.63. The molecule has 6 nitrogen and oxygen atoms in total. The third-order valence-electron chi connectivity index (χ3n) is 5.13. The third kappa shape index (κ3) is 4.15. The summed E-state index contributed by atoms with van der Waals surface area (Å²) in [5.74, 6) is 0.978. The summed E-state index contributed by atoms with van der Waals surface area (Å²) >= 11 is 1.68. The van der Waals surface area contributed by atoms with Crippen LogP contribution in [0.5, 0.6) is 5.75 Å². The molecule has 1 fully saturated rings. The van der Waals surface area contributed by atoms with Crippen molar-refractivity contribution in [2.45, 2.75) is 6.92 Å². The van der Waals surface area contributed by atoms with Crippen molar-refractivity contribution in [3.63, 3.8) is 0 Å². The lowest BCUT2D eigenvalue weighted by atomic mass is 10.1. The van der Waals surface area contributed by atoms with Crippen molar-refractivity contribution >= 4 is 38.3 Å². The van der Waals surface area contributed by atoms with E-state index >= 15 is 0 Å². The zero-order valence-corrected chi connectivity index (χ0v) is 17.9. The molecule has 1 aliphatic heterocycles. The number of ether oxygens (including phenoxy) is 1. The Morgan fingerprint density at radius 3 is 2.48 bits per heavy atom. The average Bonchev–Trinajstić information content (AvgIpc) is 3.17. The van der Waals surface area contributed by atoms with Gasteiger partial charge in [0.05, 0.1) is 16.8 Å². The normalized spacial score (nSPS) is 14.3. The van der Waals surface area contributed by atoms with Crippen LogP contribution in [0.15, 0.2) is 42.5 Å². The highest BCUT2D eigenvalue weighted by Crippen LogP contribution is 2.32. The fraction of sp³-hybridized carbons (Fsp3) is 0.364. The Morgan fingerprint density at radius 1 is 1.10 bits per heavy atom. The molecule has 1 aliphatic rings. The van der Waals surface area contributed by atoms with E-state index in [4.69, 9.17) is 9.72 Å². The molecule has 1 saturated heterocycles. The number of aromatic nitrogens is 1. The van der Waals surface area contributed by atoms with Crippen LogP contribution in [0.1, 0.15) is 17.3 Å². The summed E-state index contributed by atoms with van der Waals surface area (Å²) in [7, 11) is 3.99. The minimum absolute atomic E-state index is 0.0978. The summed E-state index contributed by atoms with van der Waals surface area (Å²) in [4.78, 5) is 23.8. The Morgan fingerprint density at radius 2 is 1.83 bits per heavy atom. The number of amides is 1. The molecular formula is C22H26N4O2S. The molecular weight excluding hydrogens is 384 g/mol. The van der Waals surface area contributed by atoms with E-state index in [1.54, 1.807) is 11.3 Å². The predicted molar refractivity (Wildman–Crippen MR) is 120 cm³/mol. The van der Waals surface area contributed by atoms with Gasteiger partial charge in [0.15, 0.2) is 5.13 Å². The van der Waals surface area contributed by atoms with Gasteiger partial charge in [0.1, 0.15) is 5.75 Å². The molecule has 2 heterocycles. The standard InChI is InChI=1S/C22H26N4O2S/c1-4-28-18-9-10-19-20(15-18)29-22(23-19)26-13-11-25(12-14-26)21(27)16-5-7-17(8-6-16)24(2)3/h5-10,15H,4,11-14H2,1-3H3. The third-order valence-corrected chi connectivity index (χ3v) is 6.21. The zero-order chi connectivity index (χ0) is 20.4. The topological polar surface area (TPSA) is 48.9 Å². The van der Waals surface area contributed by atoms with Crippen LogP contribution in [0.3, 0.4) is 0 Å². The van der Waals surface area contributed by atoms with Gasteiger partial charge in [0.2, 0.25) is 0 Å². The first kappa shape index (κ1) is 19.5. The van der Waals surface area contributed by atoms with Crippen LogP contribution in [-0.4, -0.2) is 62.7 Å². The molecule has 0 unspecified atom stereocenters. The quantitative estimate of drug-likeness (QED) is 0.642. The highest BCUT2D eigenvalue weighted by atomic mass is 32.1. The molecule has 0 spiro atoms. The molecule has 7 heteroatoms. The lowest BCUT2D eigenvalue weighted by Gasteiger charge is -2.34. The minimum atomic E-state index is 0.0978. The minimum Gasteiger partial charge on any atom is -0.494 e. The molecule has 152 valence electrons. The largest absolute Gasteiger partial charge is 0.494 e. The monoisotopic (exact) mass is 410 g/mol.